The molecule has 0 amide bonds. The maximum absolute atomic E-state index is 13.5. The second kappa shape index (κ2) is 7.85. The first-order chi connectivity index (χ1) is 14.4. The minimum absolute atomic E-state index is 0.238. The number of halogens is 2. The lowest BCUT2D eigenvalue weighted by molar-refractivity contribution is -0.150. The van der Waals surface area contributed by atoms with E-state index >= 15 is 0 Å². The van der Waals surface area contributed by atoms with Crippen LogP contribution in [-0.4, -0.2) is 32.8 Å². The third-order valence-electron chi connectivity index (χ3n) is 4.77. The molecule has 6 nitrogen and oxygen atoms in total. The van der Waals surface area contributed by atoms with Crippen LogP contribution in [0.3, 0.4) is 0 Å². The summed E-state index contributed by atoms with van der Waals surface area (Å²) in [5.74, 6) is -1.24. The highest BCUT2D eigenvalue weighted by atomic mass is 35.5. The highest BCUT2D eigenvalue weighted by molar-refractivity contribution is 6.30. The number of ether oxygens (including phenoxy) is 1. The van der Waals surface area contributed by atoms with Gasteiger partial charge in [-0.15, -0.1) is 0 Å². The SMILES string of the molecule is COC(=O)[C@@H](O)c1c(C)nc2cc(-c3cccc(Cl)c3)nn2c1-c1ccc(F)cc1. The summed E-state index contributed by atoms with van der Waals surface area (Å²) in [5.41, 5.74) is 3.54. The lowest BCUT2D eigenvalue weighted by Gasteiger charge is -2.17. The van der Waals surface area contributed by atoms with Gasteiger partial charge in [-0.3, -0.25) is 0 Å². The van der Waals surface area contributed by atoms with Crippen molar-refractivity contribution in [3.05, 3.63) is 76.7 Å². The second-order valence-electron chi connectivity index (χ2n) is 6.70. The Labute approximate surface area is 176 Å². The molecule has 152 valence electrons. The van der Waals surface area contributed by atoms with Crippen LogP contribution in [0.5, 0.6) is 0 Å². The number of methoxy groups -OCH3 is 1. The van der Waals surface area contributed by atoms with Gasteiger partial charge in [0, 0.05) is 33.5 Å². The molecule has 0 aliphatic carbocycles. The summed E-state index contributed by atoms with van der Waals surface area (Å²) in [6.45, 7) is 1.68. The first-order valence-electron chi connectivity index (χ1n) is 9.07. The highest BCUT2D eigenvalue weighted by Gasteiger charge is 2.28. The van der Waals surface area contributed by atoms with Gasteiger partial charge in [-0.05, 0) is 43.3 Å². The van der Waals surface area contributed by atoms with E-state index < -0.39 is 17.9 Å². The third kappa shape index (κ3) is 3.53. The number of fused-ring (bicyclic) bond motifs is 1. The lowest BCUT2D eigenvalue weighted by Crippen LogP contribution is -2.18. The predicted molar refractivity (Wildman–Crippen MR) is 111 cm³/mol. The quantitative estimate of drug-likeness (QED) is 0.491. The van der Waals surface area contributed by atoms with Crippen molar-refractivity contribution in [3.63, 3.8) is 0 Å². The normalized spacial score (nSPS) is 12.2. The predicted octanol–water partition coefficient (Wildman–Crippen LogP) is 4.37. The van der Waals surface area contributed by atoms with E-state index in [2.05, 4.69) is 10.1 Å². The smallest absolute Gasteiger partial charge is 0.339 e. The molecule has 0 spiro atoms. The number of carbonyl (C=O) groups excluding carboxylic acids is 1. The number of esters is 1. The number of aromatic nitrogens is 3. The van der Waals surface area contributed by atoms with Crippen molar-refractivity contribution in [2.75, 3.05) is 7.11 Å². The van der Waals surface area contributed by atoms with Crippen LogP contribution in [0.4, 0.5) is 4.39 Å². The Morgan fingerprint density at radius 2 is 1.90 bits per heavy atom. The molecule has 4 rings (SSSR count). The molecule has 0 unspecified atom stereocenters. The maximum atomic E-state index is 13.5. The van der Waals surface area contributed by atoms with E-state index in [1.54, 1.807) is 37.3 Å². The van der Waals surface area contributed by atoms with Crippen molar-refractivity contribution in [3.8, 4) is 22.5 Å². The topological polar surface area (TPSA) is 76.7 Å². The molecule has 2 heterocycles. The molecule has 0 radical (unpaired) electrons. The Morgan fingerprint density at radius 3 is 2.57 bits per heavy atom. The molecule has 0 aliphatic rings. The number of hydrogen-bond donors (Lipinski definition) is 1. The summed E-state index contributed by atoms with van der Waals surface area (Å²) in [6.07, 6.45) is -1.58. The number of benzene rings is 2. The summed E-state index contributed by atoms with van der Waals surface area (Å²) < 4.78 is 19.8. The van der Waals surface area contributed by atoms with Gasteiger partial charge >= 0.3 is 5.97 Å². The average Bonchev–Trinajstić information content (AvgIpc) is 3.16. The van der Waals surface area contributed by atoms with Crippen molar-refractivity contribution in [2.45, 2.75) is 13.0 Å². The maximum Gasteiger partial charge on any atom is 0.339 e. The van der Waals surface area contributed by atoms with Gasteiger partial charge in [0.2, 0.25) is 0 Å². The van der Waals surface area contributed by atoms with E-state index in [-0.39, 0.29) is 5.56 Å². The number of nitrogens with zero attached hydrogens (tertiary/aromatic N) is 3. The number of aliphatic hydroxyl groups excluding tert-OH is 1. The van der Waals surface area contributed by atoms with Gasteiger partial charge in [-0.2, -0.15) is 5.10 Å². The Morgan fingerprint density at radius 1 is 1.17 bits per heavy atom. The zero-order chi connectivity index (χ0) is 21.4. The van der Waals surface area contributed by atoms with Gasteiger partial charge in [-0.25, -0.2) is 18.7 Å². The molecule has 0 bridgehead atoms. The van der Waals surface area contributed by atoms with Crippen LogP contribution in [0, 0.1) is 12.7 Å². The van der Waals surface area contributed by atoms with E-state index in [0.29, 0.717) is 33.3 Å². The van der Waals surface area contributed by atoms with Crippen LogP contribution in [-0.2, 0) is 9.53 Å². The average molecular weight is 426 g/mol. The summed E-state index contributed by atoms with van der Waals surface area (Å²) in [7, 11) is 1.19. The summed E-state index contributed by atoms with van der Waals surface area (Å²) in [6, 6.07) is 14.7. The van der Waals surface area contributed by atoms with Crippen molar-refractivity contribution in [1.82, 2.24) is 14.6 Å². The fraction of sp³-hybridized carbons (Fsp3) is 0.136. The van der Waals surface area contributed by atoms with Crippen LogP contribution in [0.1, 0.15) is 17.4 Å². The summed E-state index contributed by atoms with van der Waals surface area (Å²) in [4.78, 5) is 16.6. The van der Waals surface area contributed by atoms with E-state index in [1.807, 2.05) is 12.1 Å². The molecule has 0 aliphatic heterocycles. The van der Waals surface area contributed by atoms with Gasteiger partial charge in [0.1, 0.15) is 5.82 Å². The fourth-order valence-electron chi connectivity index (χ4n) is 3.36. The van der Waals surface area contributed by atoms with Crippen LogP contribution in [0.15, 0.2) is 54.6 Å². The Hall–Kier alpha value is -3.29. The van der Waals surface area contributed by atoms with Gasteiger partial charge in [0.25, 0.3) is 0 Å². The van der Waals surface area contributed by atoms with Crippen LogP contribution >= 0.6 is 11.6 Å². The van der Waals surface area contributed by atoms with Gasteiger partial charge < -0.3 is 9.84 Å². The van der Waals surface area contributed by atoms with Crippen molar-refractivity contribution in [2.24, 2.45) is 0 Å². The largest absolute Gasteiger partial charge is 0.467 e. The molecule has 0 saturated carbocycles. The zero-order valence-corrected chi connectivity index (χ0v) is 16.9. The molecular weight excluding hydrogens is 409 g/mol. The minimum Gasteiger partial charge on any atom is -0.467 e. The minimum atomic E-state index is -1.58. The van der Waals surface area contributed by atoms with E-state index in [1.165, 1.54) is 23.8 Å². The Bertz CT molecular complexity index is 1250. The Balaban J connectivity index is 2.03. The number of carbonyl (C=O) groups is 1. The lowest BCUT2D eigenvalue weighted by atomic mass is 10.00. The van der Waals surface area contributed by atoms with E-state index in [0.717, 1.165) is 5.56 Å². The van der Waals surface area contributed by atoms with Gasteiger partial charge in [0.05, 0.1) is 18.5 Å². The molecular formula is C22H17ClFN3O3. The highest BCUT2D eigenvalue weighted by Crippen LogP contribution is 2.33. The van der Waals surface area contributed by atoms with E-state index in [4.69, 9.17) is 16.3 Å². The van der Waals surface area contributed by atoms with E-state index in [9.17, 15) is 14.3 Å². The molecule has 4 aromatic rings. The first kappa shape index (κ1) is 20.0. The number of hydrogen-bond acceptors (Lipinski definition) is 5. The van der Waals surface area contributed by atoms with Crippen molar-refractivity contribution in [1.29, 1.82) is 0 Å². The third-order valence-corrected chi connectivity index (χ3v) is 5.00. The number of rotatable bonds is 4. The molecule has 0 fully saturated rings. The number of aryl methyl sites for hydroxylation is 1. The molecule has 8 heteroatoms. The van der Waals surface area contributed by atoms with Gasteiger partial charge in [0.15, 0.2) is 11.8 Å². The van der Waals surface area contributed by atoms with Crippen LogP contribution in [0.2, 0.25) is 5.02 Å². The van der Waals surface area contributed by atoms with Crippen molar-refractivity contribution < 1.29 is 19.0 Å². The summed E-state index contributed by atoms with van der Waals surface area (Å²) in [5, 5.41) is 15.8. The monoisotopic (exact) mass is 425 g/mol. The molecule has 2 aromatic heterocycles. The first-order valence-corrected chi connectivity index (χ1v) is 9.45. The zero-order valence-electron chi connectivity index (χ0n) is 16.1. The summed E-state index contributed by atoms with van der Waals surface area (Å²) >= 11 is 6.11. The molecule has 30 heavy (non-hydrogen) atoms. The molecule has 1 atom stereocenters. The number of aliphatic hydroxyl groups is 1. The van der Waals surface area contributed by atoms with Gasteiger partial charge in [-0.1, -0.05) is 23.7 Å². The fourth-order valence-corrected chi connectivity index (χ4v) is 3.55. The van der Waals surface area contributed by atoms with Crippen LogP contribution in [0.25, 0.3) is 28.2 Å². The Kier molecular flexibility index (Phi) is 5.24. The second-order valence-corrected chi connectivity index (χ2v) is 7.14. The molecule has 1 N–H and O–H groups in total. The van der Waals surface area contributed by atoms with Crippen LogP contribution < -0.4 is 0 Å². The standard InChI is InChI=1S/C22H17ClFN3O3/c1-12-19(21(28)22(29)30-2)20(13-6-8-16(24)9-7-13)27-18(25-12)11-17(26-27)14-4-3-5-15(23)10-14/h3-11,21,28H,1-2H3/t21-/m0/s1. The van der Waals surface area contributed by atoms with Crippen molar-refractivity contribution >= 4 is 23.2 Å². The molecule has 0 saturated heterocycles. The molecule has 2 aromatic carbocycles.